The molecule has 4 rings (SSSR count). The first kappa shape index (κ1) is 13.9. The van der Waals surface area contributed by atoms with Gasteiger partial charge >= 0.3 is 0 Å². The largest absolute Gasteiger partial charge is 0.497 e. The summed E-state index contributed by atoms with van der Waals surface area (Å²) >= 11 is 0. The summed E-state index contributed by atoms with van der Waals surface area (Å²) in [6.45, 7) is 0. The van der Waals surface area contributed by atoms with Crippen molar-refractivity contribution >= 4 is 10.8 Å². The Morgan fingerprint density at radius 2 is 1.65 bits per heavy atom. The summed E-state index contributed by atoms with van der Waals surface area (Å²) in [5.74, 6) is 2.73. The van der Waals surface area contributed by atoms with Crippen LogP contribution in [0.2, 0.25) is 0 Å². The molecule has 116 valence electrons. The van der Waals surface area contributed by atoms with Crippen LogP contribution in [0, 0.1) is 0 Å². The van der Waals surface area contributed by atoms with Crippen molar-refractivity contribution in [1.82, 2.24) is 0 Å². The van der Waals surface area contributed by atoms with Gasteiger partial charge in [-0.15, -0.1) is 0 Å². The molecule has 0 spiro atoms. The molecule has 0 fully saturated rings. The molecule has 0 N–H and O–H groups in total. The van der Waals surface area contributed by atoms with Gasteiger partial charge < -0.3 is 14.2 Å². The zero-order chi connectivity index (χ0) is 15.8. The molecular formula is C20H18O3. The summed E-state index contributed by atoms with van der Waals surface area (Å²) < 4.78 is 17.1. The van der Waals surface area contributed by atoms with E-state index < -0.39 is 0 Å². The van der Waals surface area contributed by atoms with E-state index in [0.29, 0.717) is 0 Å². The molecule has 1 aliphatic rings. The average molecular weight is 306 g/mol. The fraction of sp³-hybridized carbons (Fsp3) is 0.200. The van der Waals surface area contributed by atoms with E-state index in [1.807, 2.05) is 24.3 Å². The zero-order valence-corrected chi connectivity index (χ0v) is 13.2. The van der Waals surface area contributed by atoms with Crippen LogP contribution in [-0.2, 0) is 6.42 Å². The Bertz CT molecular complexity index is 853. The highest BCUT2D eigenvalue weighted by molar-refractivity contribution is 5.95. The topological polar surface area (TPSA) is 27.7 Å². The molecule has 1 unspecified atom stereocenters. The van der Waals surface area contributed by atoms with Crippen molar-refractivity contribution in [3.05, 3.63) is 65.7 Å². The highest BCUT2D eigenvalue weighted by Crippen LogP contribution is 2.45. The average Bonchev–Trinajstić information content (AvgIpc) is 3.05. The number of fused-ring (bicyclic) bond motifs is 3. The van der Waals surface area contributed by atoms with E-state index in [1.165, 1.54) is 5.56 Å². The summed E-state index contributed by atoms with van der Waals surface area (Å²) in [6, 6.07) is 18.4. The van der Waals surface area contributed by atoms with Crippen LogP contribution in [0.5, 0.6) is 17.2 Å². The third-order valence-corrected chi connectivity index (χ3v) is 4.41. The van der Waals surface area contributed by atoms with Crippen LogP contribution in [0.25, 0.3) is 10.8 Å². The molecule has 0 radical (unpaired) electrons. The third kappa shape index (κ3) is 2.29. The zero-order valence-electron chi connectivity index (χ0n) is 13.2. The second kappa shape index (κ2) is 5.51. The number of hydrogen-bond acceptors (Lipinski definition) is 3. The standard InChI is InChI=1S/C20H18O3/c1-21-15-9-7-13(8-10-15)18-11-14-12-19(22-2)16-5-3-4-6-17(16)20(14)23-18/h3-10,12,18H,11H2,1-2H3. The first-order chi connectivity index (χ1) is 11.3. The van der Waals surface area contributed by atoms with Crippen molar-refractivity contribution in [1.29, 1.82) is 0 Å². The Kier molecular flexibility index (Phi) is 3.34. The summed E-state index contributed by atoms with van der Waals surface area (Å²) in [6.07, 6.45) is 0.884. The Hall–Kier alpha value is -2.68. The minimum Gasteiger partial charge on any atom is -0.497 e. The van der Waals surface area contributed by atoms with Gasteiger partial charge in [0.25, 0.3) is 0 Å². The van der Waals surface area contributed by atoms with E-state index in [4.69, 9.17) is 14.2 Å². The van der Waals surface area contributed by atoms with E-state index in [9.17, 15) is 0 Å². The normalized spacial score (nSPS) is 16.0. The molecule has 0 aliphatic carbocycles. The molecule has 3 aromatic rings. The van der Waals surface area contributed by atoms with Gasteiger partial charge in [0.1, 0.15) is 23.4 Å². The van der Waals surface area contributed by atoms with Gasteiger partial charge in [-0.1, -0.05) is 36.4 Å². The molecule has 0 bridgehead atoms. The SMILES string of the molecule is COc1ccc(C2Cc3cc(OC)c4ccccc4c3O2)cc1. The molecule has 0 saturated heterocycles. The molecular weight excluding hydrogens is 288 g/mol. The van der Waals surface area contributed by atoms with Gasteiger partial charge in [0, 0.05) is 22.8 Å². The number of ether oxygens (including phenoxy) is 3. The molecule has 0 amide bonds. The highest BCUT2D eigenvalue weighted by Gasteiger charge is 2.27. The lowest BCUT2D eigenvalue weighted by molar-refractivity contribution is 0.241. The van der Waals surface area contributed by atoms with Crippen molar-refractivity contribution in [2.45, 2.75) is 12.5 Å². The van der Waals surface area contributed by atoms with Gasteiger partial charge in [0.2, 0.25) is 0 Å². The van der Waals surface area contributed by atoms with E-state index in [1.54, 1.807) is 14.2 Å². The fourth-order valence-corrected chi connectivity index (χ4v) is 3.22. The Labute approximate surface area is 135 Å². The van der Waals surface area contributed by atoms with Crippen molar-refractivity contribution in [2.24, 2.45) is 0 Å². The van der Waals surface area contributed by atoms with Crippen molar-refractivity contribution in [3.8, 4) is 17.2 Å². The maximum atomic E-state index is 6.28. The van der Waals surface area contributed by atoms with Crippen LogP contribution in [0.1, 0.15) is 17.2 Å². The Morgan fingerprint density at radius 1 is 0.913 bits per heavy atom. The summed E-state index contributed by atoms with van der Waals surface area (Å²) in [5.41, 5.74) is 2.35. The summed E-state index contributed by atoms with van der Waals surface area (Å²) in [7, 11) is 3.39. The fourth-order valence-electron chi connectivity index (χ4n) is 3.22. The number of benzene rings is 3. The monoisotopic (exact) mass is 306 g/mol. The highest BCUT2D eigenvalue weighted by atomic mass is 16.5. The lowest BCUT2D eigenvalue weighted by atomic mass is 10.0. The molecule has 0 saturated carbocycles. The van der Waals surface area contributed by atoms with E-state index in [2.05, 4.69) is 30.3 Å². The molecule has 3 nitrogen and oxygen atoms in total. The van der Waals surface area contributed by atoms with Gasteiger partial charge in [-0.2, -0.15) is 0 Å². The van der Waals surface area contributed by atoms with Crippen LogP contribution in [0.15, 0.2) is 54.6 Å². The smallest absolute Gasteiger partial charge is 0.131 e. The van der Waals surface area contributed by atoms with Crippen LogP contribution in [0.3, 0.4) is 0 Å². The second-order valence-corrected chi connectivity index (χ2v) is 5.70. The molecule has 3 aromatic carbocycles. The minimum atomic E-state index is 0.0337. The predicted molar refractivity (Wildman–Crippen MR) is 90.6 cm³/mol. The van der Waals surface area contributed by atoms with Crippen LogP contribution in [-0.4, -0.2) is 14.2 Å². The van der Waals surface area contributed by atoms with Crippen molar-refractivity contribution < 1.29 is 14.2 Å². The lowest BCUT2D eigenvalue weighted by Gasteiger charge is -2.13. The maximum absolute atomic E-state index is 6.28. The number of methoxy groups -OCH3 is 2. The Morgan fingerprint density at radius 3 is 2.35 bits per heavy atom. The third-order valence-electron chi connectivity index (χ3n) is 4.41. The van der Waals surface area contributed by atoms with Crippen molar-refractivity contribution in [3.63, 3.8) is 0 Å². The first-order valence-corrected chi connectivity index (χ1v) is 7.69. The van der Waals surface area contributed by atoms with Gasteiger partial charge in [0.05, 0.1) is 14.2 Å². The molecule has 1 aliphatic heterocycles. The molecule has 1 atom stereocenters. The van der Waals surface area contributed by atoms with Crippen LogP contribution >= 0.6 is 0 Å². The number of rotatable bonds is 3. The lowest BCUT2D eigenvalue weighted by Crippen LogP contribution is -2.02. The van der Waals surface area contributed by atoms with Crippen molar-refractivity contribution in [2.75, 3.05) is 14.2 Å². The molecule has 1 heterocycles. The first-order valence-electron chi connectivity index (χ1n) is 7.69. The van der Waals surface area contributed by atoms with Crippen LogP contribution < -0.4 is 14.2 Å². The quantitative estimate of drug-likeness (QED) is 0.711. The van der Waals surface area contributed by atoms with Gasteiger partial charge in [-0.05, 0) is 23.8 Å². The van der Waals surface area contributed by atoms with E-state index in [-0.39, 0.29) is 6.10 Å². The number of hydrogen-bond donors (Lipinski definition) is 0. The predicted octanol–water partition coefficient (Wildman–Crippen LogP) is 4.53. The van der Waals surface area contributed by atoms with E-state index >= 15 is 0 Å². The minimum absolute atomic E-state index is 0.0337. The Balaban J connectivity index is 1.75. The van der Waals surface area contributed by atoms with Gasteiger partial charge in [-0.3, -0.25) is 0 Å². The van der Waals surface area contributed by atoms with E-state index in [0.717, 1.165) is 40.0 Å². The summed E-state index contributed by atoms with van der Waals surface area (Å²) in [5, 5.41) is 2.20. The maximum Gasteiger partial charge on any atom is 0.131 e. The molecule has 3 heteroatoms. The summed E-state index contributed by atoms with van der Waals surface area (Å²) in [4.78, 5) is 0. The van der Waals surface area contributed by atoms with Gasteiger partial charge in [0.15, 0.2) is 0 Å². The molecule has 0 aromatic heterocycles. The van der Waals surface area contributed by atoms with Crippen LogP contribution in [0.4, 0.5) is 0 Å². The van der Waals surface area contributed by atoms with Gasteiger partial charge in [-0.25, -0.2) is 0 Å². The molecule has 23 heavy (non-hydrogen) atoms. The second-order valence-electron chi connectivity index (χ2n) is 5.70.